The van der Waals surface area contributed by atoms with Crippen LogP contribution < -0.4 is 4.90 Å². The third-order valence-corrected chi connectivity index (χ3v) is 2.55. The second-order valence-electron chi connectivity index (χ2n) is 3.77. The van der Waals surface area contributed by atoms with Crippen molar-refractivity contribution < 1.29 is 9.90 Å². The molecule has 0 unspecified atom stereocenters. The first-order valence-electron chi connectivity index (χ1n) is 5.44. The molecule has 0 spiro atoms. The second kappa shape index (κ2) is 7.12. The molecule has 0 saturated heterocycles. The summed E-state index contributed by atoms with van der Waals surface area (Å²) in [5.74, 6) is -0.754. The summed E-state index contributed by atoms with van der Waals surface area (Å²) in [7, 11) is 0. The van der Waals surface area contributed by atoms with Crippen LogP contribution in [0.25, 0.3) is 0 Å². The number of halogens is 1. The molecule has 0 bridgehead atoms. The number of aliphatic carboxylic acids is 1. The average molecular weight is 298 g/mol. The topological polar surface area (TPSA) is 40.5 Å². The van der Waals surface area contributed by atoms with Gasteiger partial charge in [-0.25, -0.2) is 0 Å². The first-order valence-corrected chi connectivity index (χ1v) is 6.24. The van der Waals surface area contributed by atoms with Crippen molar-refractivity contribution in [3.63, 3.8) is 0 Å². The Hall–Kier alpha value is -1.29. The molecule has 0 atom stereocenters. The zero-order chi connectivity index (χ0) is 12.7. The van der Waals surface area contributed by atoms with Crippen LogP contribution in [0, 0.1) is 0 Å². The zero-order valence-electron chi connectivity index (χ0n) is 9.60. The first kappa shape index (κ1) is 13.8. The summed E-state index contributed by atoms with van der Waals surface area (Å²) in [5.41, 5.74) is 1.08. The van der Waals surface area contributed by atoms with E-state index in [4.69, 9.17) is 5.11 Å². The van der Waals surface area contributed by atoms with Crippen LogP contribution in [0.5, 0.6) is 0 Å². The molecule has 92 valence electrons. The molecule has 0 fully saturated rings. The number of rotatable bonds is 7. The maximum absolute atomic E-state index is 10.5. The van der Waals surface area contributed by atoms with Gasteiger partial charge in [0.15, 0.2) is 0 Å². The fourth-order valence-electron chi connectivity index (χ4n) is 1.57. The largest absolute Gasteiger partial charge is 0.481 e. The molecule has 1 aromatic carbocycles. The third-order valence-electron chi connectivity index (χ3n) is 2.30. The van der Waals surface area contributed by atoms with Crippen LogP contribution in [0.1, 0.15) is 12.8 Å². The van der Waals surface area contributed by atoms with Crippen molar-refractivity contribution in [1.29, 1.82) is 0 Å². The summed E-state index contributed by atoms with van der Waals surface area (Å²) in [6.45, 7) is 5.22. The van der Waals surface area contributed by atoms with Crippen molar-refractivity contribution in [2.24, 2.45) is 0 Å². The zero-order valence-corrected chi connectivity index (χ0v) is 11.2. The Morgan fingerprint density at radius 3 is 2.53 bits per heavy atom. The molecule has 17 heavy (non-hydrogen) atoms. The molecule has 1 rings (SSSR count). The van der Waals surface area contributed by atoms with Gasteiger partial charge >= 0.3 is 5.97 Å². The van der Waals surface area contributed by atoms with E-state index in [9.17, 15) is 4.79 Å². The lowest BCUT2D eigenvalue weighted by Gasteiger charge is -2.24. The summed E-state index contributed by atoms with van der Waals surface area (Å²) in [6.07, 6.45) is 0.822. The normalized spacial score (nSPS) is 9.94. The number of anilines is 1. The average Bonchev–Trinajstić information content (AvgIpc) is 2.28. The molecule has 1 aromatic rings. The van der Waals surface area contributed by atoms with Crippen LogP contribution in [0.2, 0.25) is 0 Å². The highest BCUT2D eigenvalue weighted by Crippen LogP contribution is 2.17. The van der Waals surface area contributed by atoms with Crippen molar-refractivity contribution in [2.75, 3.05) is 18.0 Å². The Morgan fingerprint density at radius 1 is 1.35 bits per heavy atom. The second-order valence-corrected chi connectivity index (χ2v) is 4.89. The summed E-state index contributed by atoms with van der Waals surface area (Å²) in [6, 6.07) is 9.92. The summed E-state index contributed by atoms with van der Waals surface area (Å²) < 4.78 is 0.886. The molecule has 0 aliphatic heterocycles. The van der Waals surface area contributed by atoms with Gasteiger partial charge in [0.05, 0.1) is 0 Å². The highest BCUT2D eigenvalue weighted by atomic mass is 79.9. The molecule has 1 N–H and O–H groups in total. The van der Waals surface area contributed by atoms with E-state index < -0.39 is 5.97 Å². The number of carboxylic acids is 1. The van der Waals surface area contributed by atoms with Gasteiger partial charge in [-0.05, 0) is 18.6 Å². The minimum atomic E-state index is -0.754. The quantitative estimate of drug-likeness (QED) is 0.840. The van der Waals surface area contributed by atoms with Crippen molar-refractivity contribution in [3.8, 4) is 0 Å². The van der Waals surface area contributed by atoms with Crippen LogP contribution in [-0.2, 0) is 4.79 Å². The van der Waals surface area contributed by atoms with Gasteiger partial charge < -0.3 is 10.0 Å². The molecule has 0 aliphatic carbocycles. The number of para-hydroxylation sites is 1. The number of hydrogen-bond acceptors (Lipinski definition) is 2. The van der Waals surface area contributed by atoms with E-state index in [1.54, 1.807) is 0 Å². The number of carbonyl (C=O) groups is 1. The monoisotopic (exact) mass is 297 g/mol. The predicted molar refractivity (Wildman–Crippen MR) is 73.6 cm³/mol. The van der Waals surface area contributed by atoms with Crippen molar-refractivity contribution in [2.45, 2.75) is 12.8 Å². The highest BCUT2D eigenvalue weighted by Gasteiger charge is 2.07. The van der Waals surface area contributed by atoms with E-state index >= 15 is 0 Å². The first-order chi connectivity index (χ1) is 8.09. The van der Waals surface area contributed by atoms with Gasteiger partial charge in [-0.15, -0.1) is 0 Å². The van der Waals surface area contributed by atoms with E-state index in [0.29, 0.717) is 19.5 Å². The van der Waals surface area contributed by atoms with Gasteiger partial charge in [0, 0.05) is 29.7 Å². The number of hydrogen-bond donors (Lipinski definition) is 1. The molecule has 4 heteroatoms. The van der Waals surface area contributed by atoms with E-state index in [0.717, 1.165) is 10.2 Å². The molecule has 3 nitrogen and oxygen atoms in total. The van der Waals surface area contributed by atoms with Crippen LogP contribution in [-0.4, -0.2) is 24.2 Å². The molecule has 0 aliphatic rings. The van der Waals surface area contributed by atoms with Crippen LogP contribution in [0.3, 0.4) is 0 Å². The Balaban J connectivity index is 2.61. The van der Waals surface area contributed by atoms with Crippen LogP contribution in [0.15, 0.2) is 41.4 Å². The lowest BCUT2D eigenvalue weighted by atomic mass is 10.2. The molecule has 0 saturated carbocycles. The van der Waals surface area contributed by atoms with Crippen molar-refractivity contribution in [1.82, 2.24) is 0 Å². The fourth-order valence-corrected chi connectivity index (χ4v) is 1.87. The van der Waals surface area contributed by atoms with E-state index in [1.165, 1.54) is 0 Å². The molecule has 0 radical (unpaired) electrons. The van der Waals surface area contributed by atoms with Gasteiger partial charge in [0.1, 0.15) is 0 Å². The van der Waals surface area contributed by atoms with Crippen molar-refractivity contribution >= 4 is 27.6 Å². The molecule has 0 amide bonds. The number of benzene rings is 1. The van der Waals surface area contributed by atoms with Gasteiger partial charge in [-0.3, -0.25) is 4.79 Å². The minimum Gasteiger partial charge on any atom is -0.481 e. The van der Waals surface area contributed by atoms with Gasteiger partial charge in [-0.2, -0.15) is 0 Å². The molecular formula is C13H16BrNO2. The summed E-state index contributed by atoms with van der Waals surface area (Å²) in [4.78, 5) is 12.6. The number of nitrogens with zero attached hydrogens (tertiary/aromatic N) is 1. The van der Waals surface area contributed by atoms with Crippen LogP contribution in [0.4, 0.5) is 5.69 Å². The summed E-state index contributed by atoms with van der Waals surface area (Å²) in [5, 5.41) is 8.63. The Kier molecular flexibility index (Phi) is 5.77. The maximum atomic E-state index is 10.5. The molecular weight excluding hydrogens is 282 g/mol. The Morgan fingerprint density at radius 2 is 2.00 bits per heavy atom. The van der Waals surface area contributed by atoms with E-state index in [2.05, 4.69) is 27.4 Å². The third kappa shape index (κ3) is 5.54. The lowest BCUT2D eigenvalue weighted by molar-refractivity contribution is -0.137. The molecule has 0 aromatic heterocycles. The van der Waals surface area contributed by atoms with Crippen LogP contribution >= 0.6 is 15.9 Å². The van der Waals surface area contributed by atoms with E-state index in [1.807, 2.05) is 30.3 Å². The SMILES string of the molecule is C=C(Br)CN(CCCC(=O)O)c1ccccc1. The molecule has 0 heterocycles. The predicted octanol–water partition coefficient (Wildman–Crippen LogP) is 3.27. The van der Waals surface area contributed by atoms with Gasteiger partial charge in [0.2, 0.25) is 0 Å². The van der Waals surface area contributed by atoms with Crippen molar-refractivity contribution in [3.05, 3.63) is 41.4 Å². The van der Waals surface area contributed by atoms with Gasteiger partial charge in [0.25, 0.3) is 0 Å². The number of carboxylic acid groups (broad SMARTS) is 1. The van der Waals surface area contributed by atoms with Gasteiger partial charge in [-0.1, -0.05) is 40.7 Å². The Bertz CT molecular complexity index is 378. The summed E-state index contributed by atoms with van der Waals surface area (Å²) >= 11 is 3.34. The minimum absolute atomic E-state index is 0.193. The smallest absolute Gasteiger partial charge is 0.303 e. The van der Waals surface area contributed by atoms with E-state index in [-0.39, 0.29) is 6.42 Å². The lowest BCUT2D eigenvalue weighted by Crippen LogP contribution is -2.26. The highest BCUT2D eigenvalue weighted by molar-refractivity contribution is 9.11. The maximum Gasteiger partial charge on any atom is 0.303 e. The fraction of sp³-hybridized carbons (Fsp3) is 0.308. The standard InChI is InChI=1S/C13H16BrNO2/c1-11(14)10-15(9-5-8-13(16)17)12-6-3-2-4-7-12/h2-4,6-7H,1,5,8-10H2,(H,16,17). The Labute approximate surface area is 110 Å².